The van der Waals surface area contributed by atoms with E-state index < -0.39 is 0 Å². The highest BCUT2D eigenvalue weighted by atomic mass is 15.2. The van der Waals surface area contributed by atoms with Crippen LogP contribution < -0.4 is 4.90 Å². The molecule has 0 bridgehead atoms. The molecule has 4 rings (SSSR count). The second-order valence-electron chi connectivity index (χ2n) is 6.52. The fourth-order valence-electron chi connectivity index (χ4n) is 3.95. The SMILES string of the molecule is CC1CCCN1C1CCN(c2ccc3nccnc3n2)CC1. The smallest absolute Gasteiger partial charge is 0.180 e. The summed E-state index contributed by atoms with van der Waals surface area (Å²) in [5.74, 6) is 1.04. The lowest BCUT2D eigenvalue weighted by Gasteiger charge is -2.39. The molecule has 2 aromatic heterocycles. The summed E-state index contributed by atoms with van der Waals surface area (Å²) in [5.41, 5.74) is 1.61. The Morgan fingerprint density at radius 3 is 2.59 bits per heavy atom. The molecule has 5 heteroatoms. The van der Waals surface area contributed by atoms with Crippen molar-refractivity contribution in [2.24, 2.45) is 0 Å². The summed E-state index contributed by atoms with van der Waals surface area (Å²) in [5, 5.41) is 0. The highest BCUT2D eigenvalue weighted by Crippen LogP contribution is 2.27. The topological polar surface area (TPSA) is 45.2 Å². The molecular weight excluding hydrogens is 274 g/mol. The number of likely N-dealkylation sites (tertiary alicyclic amines) is 1. The summed E-state index contributed by atoms with van der Waals surface area (Å²) in [6, 6.07) is 5.63. The third-order valence-electron chi connectivity index (χ3n) is 5.18. The van der Waals surface area contributed by atoms with Gasteiger partial charge in [-0.25, -0.2) is 9.97 Å². The van der Waals surface area contributed by atoms with Crippen LogP contribution in [0.15, 0.2) is 24.5 Å². The Bertz CT molecular complexity index is 650. The number of nitrogens with zero attached hydrogens (tertiary/aromatic N) is 5. The minimum atomic E-state index is 0.746. The predicted octanol–water partition coefficient (Wildman–Crippen LogP) is 2.48. The maximum absolute atomic E-state index is 4.68. The number of hydrogen-bond donors (Lipinski definition) is 0. The normalized spacial score (nSPS) is 24.2. The Morgan fingerprint density at radius 2 is 1.82 bits per heavy atom. The van der Waals surface area contributed by atoms with Crippen molar-refractivity contribution in [3.05, 3.63) is 24.5 Å². The van der Waals surface area contributed by atoms with Gasteiger partial charge in [-0.2, -0.15) is 0 Å². The van der Waals surface area contributed by atoms with E-state index >= 15 is 0 Å². The molecule has 2 aliphatic rings. The summed E-state index contributed by atoms with van der Waals surface area (Å²) >= 11 is 0. The fourth-order valence-corrected chi connectivity index (χ4v) is 3.95. The summed E-state index contributed by atoms with van der Waals surface area (Å²) in [6.07, 6.45) is 8.64. The summed E-state index contributed by atoms with van der Waals surface area (Å²) in [4.78, 5) is 18.4. The first-order valence-electron chi connectivity index (χ1n) is 8.40. The standard InChI is InChI=1S/C17H23N5/c1-13-3-2-10-22(13)14-6-11-21(12-7-14)16-5-4-15-17(20-16)19-9-8-18-15/h4-5,8-9,13-14H,2-3,6-7,10-12H2,1H3. The largest absolute Gasteiger partial charge is 0.356 e. The molecule has 0 amide bonds. The lowest BCUT2D eigenvalue weighted by Crippen LogP contribution is -2.46. The van der Waals surface area contributed by atoms with Gasteiger partial charge < -0.3 is 4.90 Å². The molecule has 2 fully saturated rings. The first-order valence-corrected chi connectivity index (χ1v) is 8.40. The lowest BCUT2D eigenvalue weighted by atomic mass is 10.0. The van der Waals surface area contributed by atoms with Crippen LogP contribution in [0.4, 0.5) is 5.82 Å². The summed E-state index contributed by atoms with van der Waals surface area (Å²) in [7, 11) is 0. The van der Waals surface area contributed by atoms with Gasteiger partial charge in [0.2, 0.25) is 0 Å². The third kappa shape index (κ3) is 2.54. The van der Waals surface area contributed by atoms with Crippen LogP contribution in [0.25, 0.3) is 11.2 Å². The highest BCUT2D eigenvalue weighted by molar-refractivity contribution is 5.71. The maximum atomic E-state index is 4.68. The monoisotopic (exact) mass is 297 g/mol. The lowest BCUT2D eigenvalue weighted by molar-refractivity contribution is 0.163. The Labute approximate surface area is 131 Å². The van der Waals surface area contributed by atoms with E-state index in [-0.39, 0.29) is 0 Å². The van der Waals surface area contributed by atoms with Crippen LogP contribution in [-0.4, -0.2) is 51.6 Å². The zero-order chi connectivity index (χ0) is 14.9. The molecule has 5 nitrogen and oxygen atoms in total. The predicted molar refractivity (Wildman–Crippen MR) is 88.0 cm³/mol. The van der Waals surface area contributed by atoms with Gasteiger partial charge in [-0.3, -0.25) is 9.88 Å². The van der Waals surface area contributed by atoms with E-state index in [2.05, 4.69) is 37.7 Å². The number of fused-ring (bicyclic) bond motifs is 1. The van der Waals surface area contributed by atoms with Crippen molar-refractivity contribution in [2.75, 3.05) is 24.5 Å². The average Bonchev–Trinajstić information content (AvgIpc) is 3.01. The second-order valence-corrected chi connectivity index (χ2v) is 6.52. The van der Waals surface area contributed by atoms with Gasteiger partial charge in [0.1, 0.15) is 11.3 Å². The molecule has 1 atom stereocenters. The Hall–Kier alpha value is -1.75. The minimum Gasteiger partial charge on any atom is -0.356 e. The van der Waals surface area contributed by atoms with E-state index in [1.54, 1.807) is 12.4 Å². The zero-order valence-electron chi connectivity index (χ0n) is 13.1. The number of anilines is 1. The van der Waals surface area contributed by atoms with E-state index in [9.17, 15) is 0 Å². The van der Waals surface area contributed by atoms with E-state index in [1.807, 2.05) is 6.07 Å². The maximum Gasteiger partial charge on any atom is 0.180 e. The van der Waals surface area contributed by atoms with Crippen LogP contribution in [0.5, 0.6) is 0 Å². The molecule has 0 saturated carbocycles. The molecule has 0 N–H and O–H groups in total. The summed E-state index contributed by atoms with van der Waals surface area (Å²) < 4.78 is 0. The van der Waals surface area contributed by atoms with E-state index in [1.165, 1.54) is 32.2 Å². The molecule has 0 aliphatic carbocycles. The Morgan fingerprint density at radius 1 is 1.00 bits per heavy atom. The number of piperidine rings is 1. The molecule has 2 aromatic rings. The van der Waals surface area contributed by atoms with Gasteiger partial charge in [-0.15, -0.1) is 0 Å². The summed E-state index contributed by atoms with van der Waals surface area (Å²) in [6.45, 7) is 5.85. The Kier molecular flexibility index (Phi) is 3.66. The molecular formula is C17H23N5. The van der Waals surface area contributed by atoms with Crippen LogP contribution >= 0.6 is 0 Å². The zero-order valence-corrected chi connectivity index (χ0v) is 13.1. The van der Waals surface area contributed by atoms with Crippen LogP contribution in [0.1, 0.15) is 32.6 Å². The quantitative estimate of drug-likeness (QED) is 0.852. The van der Waals surface area contributed by atoms with Crippen LogP contribution in [0.2, 0.25) is 0 Å². The van der Waals surface area contributed by atoms with Crippen LogP contribution in [0.3, 0.4) is 0 Å². The van der Waals surface area contributed by atoms with Crippen molar-refractivity contribution >= 4 is 17.0 Å². The van der Waals surface area contributed by atoms with Gasteiger partial charge in [-0.1, -0.05) is 0 Å². The number of aromatic nitrogens is 3. The van der Waals surface area contributed by atoms with Crippen LogP contribution in [-0.2, 0) is 0 Å². The number of rotatable bonds is 2. The molecule has 1 unspecified atom stereocenters. The average molecular weight is 297 g/mol. The van der Waals surface area contributed by atoms with E-state index in [0.717, 1.165) is 42.2 Å². The van der Waals surface area contributed by atoms with Crippen LogP contribution in [0, 0.1) is 0 Å². The van der Waals surface area contributed by atoms with Crippen molar-refractivity contribution in [2.45, 2.75) is 44.7 Å². The number of pyridine rings is 1. The molecule has 4 heterocycles. The van der Waals surface area contributed by atoms with E-state index in [0.29, 0.717) is 0 Å². The molecule has 22 heavy (non-hydrogen) atoms. The van der Waals surface area contributed by atoms with Crippen molar-refractivity contribution in [1.82, 2.24) is 19.9 Å². The molecule has 0 spiro atoms. The highest BCUT2D eigenvalue weighted by Gasteiger charge is 2.30. The van der Waals surface area contributed by atoms with Gasteiger partial charge in [0.25, 0.3) is 0 Å². The molecule has 2 saturated heterocycles. The van der Waals surface area contributed by atoms with Crippen molar-refractivity contribution in [3.63, 3.8) is 0 Å². The van der Waals surface area contributed by atoms with Crippen molar-refractivity contribution in [1.29, 1.82) is 0 Å². The fraction of sp³-hybridized carbons (Fsp3) is 0.588. The second kappa shape index (κ2) is 5.80. The third-order valence-corrected chi connectivity index (χ3v) is 5.18. The van der Waals surface area contributed by atoms with Gasteiger partial charge in [0.15, 0.2) is 5.65 Å². The molecule has 2 aliphatic heterocycles. The molecule has 116 valence electrons. The number of hydrogen-bond acceptors (Lipinski definition) is 5. The van der Waals surface area contributed by atoms with Gasteiger partial charge in [-0.05, 0) is 51.3 Å². The molecule has 0 aromatic carbocycles. The first kappa shape index (κ1) is 13.9. The van der Waals surface area contributed by atoms with Gasteiger partial charge >= 0.3 is 0 Å². The first-order chi connectivity index (χ1) is 10.8. The van der Waals surface area contributed by atoms with Gasteiger partial charge in [0, 0.05) is 37.6 Å². The van der Waals surface area contributed by atoms with Gasteiger partial charge in [0.05, 0.1) is 0 Å². The van der Waals surface area contributed by atoms with Crippen molar-refractivity contribution in [3.8, 4) is 0 Å². The van der Waals surface area contributed by atoms with Crippen molar-refractivity contribution < 1.29 is 0 Å². The Balaban J connectivity index is 1.46. The molecule has 0 radical (unpaired) electrons. The minimum absolute atomic E-state index is 0.746. The van der Waals surface area contributed by atoms with E-state index in [4.69, 9.17) is 0 Å².